The quantitative estimate of drug-likeness (QED) is 0.0427. The summed E-state index contributed by atoms with van der Waals surface area (Å²) in [6.07, 6.45) is 1.65. The molecule has 8 rings (SSSR count). The van der Waals surface area contributed by atoms with E-state index in [1.807, 2.05) is 24.3 Å². The number of carbonyl (C=O) groups excluding carboxylic acids is 3. The number of rotatable bonds is 16. The lowest BCUT2D eigenvalue weighted by atomic mass is 9.90. The number of phenolic OH excluding ortho intramolecular Hbond substituents is 1. The third-order valence-corrected chi connectivity index (χ3v) is 11.0. The molecule has 0 saturated heterocycles. The van der Waals surface area contributed by atoms with Crippen LogP contribution in [-0.2, 0) is 29.3 Å². The van der Waals surface area contributed by atoms with E-state index in [-0.39, 0.29) is 88.6 Å². The van der Waals surface area contributed by atoms with Crippen molar-refractivity contribution in [2.24, 2.45) is 0 Å². The molecule has 322 valence electrons. The molecular formula is C46H38N8O9S. The summed E-state index contributed by atoms with van der Waals surface area (Å²) in [5.74, 6) is -1.18. The second-order valence-electron chi connectivity index (χ2n) is 14.5. The van der Waals surface area contributed by atoms with Crippen molar-refractivity contribution in [3.05, 3.63) is 147 Å². The number of hydrogen-bond acceptors (Lipinski definition) is 13. The first-order chi connectivity index (χ1) is 31.0. The summed E-state index contributed by atoms with van der Waals surface area (Å²) in [6.45, 7) is 0.807. The predicted molar refractivity (Wildman–Crippen MR) is 240 cm³/mol. The van der Waals surface area contributed by atoms with Gasteiger partial charge in [0.05, 0.1) is 17.6 Å². The maximum atomic E-state index is 12.8. The van der Waals surface area contributed by atoms with Gasteiger partial charge in [-0.2, -0.15) is 21.7 Å². The van der Waals surface area contributed by atoms with E-state index in [1.165, 1.54) is 48.4 Å². The van der Waals surface area contributed by atoms with E-state index in [0.29, 0.717) is 51.1 Å². The summed E-state index contributed by atoms with van der Waals surface area (Å²) in [5.41, 5.74) is 11.2. The molecule has 0 spiro atoms. The van der Waals surface area contributed by atoms with Crippen molar-refractivity contribution in [3.63, 3.8) is 0 Å². The van der Waals surface area contributed by atoms with Gasteiger partial charge in [0.15, 0.2) is 16.6 Å². The van der Waals surface area contributed by atoms with E-state index in [2.05, 4.69) is 35.9 Å². The van der Waals surface area contributed by atoms with Crippen molar-refractivity contribution in [1.29, 1.82) is 0 Å². The minimum absolute atomic E-state index is 0.0226. The molecular weight excluding hydrogens is 841 g/mol. The van der Waals surface area contributed by atoms with Crippen LogP contribution in [-0.4, -0.2) is 65.3 Å². The smallest absolute Gasteiger partial charge is 0.336 e. The Labute approximate surface area is 367 Å². The molecule has 0 bridgehead atoms. The van der Waals surface area contributed by atoms with E-state index < -0.39 is 5.97 Å². The zero-order valence-electron chi connectivity index (χ0n) is 33.7. The second kappa shape index (κ2) is 18.8. The summed E-state index contributed by atoms with van der Waals surface area (Å²) in [5, 5.41) is 29.3. The molecule has 0 radical (unpaired) electrons. The fraction of sp³-hybridized carbons (Fsp3) is 0.130. The van der Waals surface area contributed by atoms with Crippen molar-refractivity contribution in [1.82, 2.24) is 30.6 Å². The lowest BCUT2D eigenvalue weighted by Gasteiger charge is -2.17. The predicted octanol–water partition coefficient (Wildman–Crippen LogP) is 6.10. The number of phenols is 1. The highest BCUT2D eigenvalue weighted by atomic mass is 32.2. The SMILES string of the molecule is Nc1nc(OCc2ccc(CNC(=O)c3ccc(CNC(=O)CCSCC(=O)Nc4ccc(-c5c6ccc(=O)cc-6oc6cc(O)ccc56)c(C(=O)O)c4)cc3)cc2)c2nc[nH]c2n1. The van der Waals surface area contributed by atoms with Crippen LogP contribution in [0.5, 0.6) is 11.6 Å². The van der Waals surface area contributed by atoms with Crippen LogP contribution in [0.1, 0.15) is 43.8 Å². The highest BCUT2D eigenvalue weighted by molar-refractivity contribution is 7.99. The largest absolute Gasteiger partial charge is 0.508 e. The number of thioether (sulfide) groups is 1. The van der Waals surface area contributed by atoms with Gasteiger partial charge in [-0.1, -0.05) is 42.5 Å². The number of aromatic nitrogens is 4. The molecule has 0 unspecified atom stereocenters. The molecule has 3 amide bonds. The van der Waals surface area contributed by atoms with Crippen LogP contribution in [0.4, 0.5) is 11.6 Å². The average molecular weight is 879 g/mol. The van der Waals surface area contributed by atoms with Gasteiger partial charge in [0.1, 0.15) is 23.7 Å². The number of fused-ring (bicyclic) bond motifs is 3. The van der Waals surface area contributed by atoms with Crippen LogP contribution in [0.15, 0.2) is 119 Å². The van der Waals surface area contributed by atoms with Gasteiger partial charge in [-0.05, 0) is 70.8 Å². The van der Waals surface area contributed by atoms with Crippen molar-refractivity contribution in [3.8, 4) is 34.1 Å². The number of carboxylic acid groups (broad SMARTS) is 1. The molecule has 2 aliphatic rings. The van der Waals surface area contributed by atoms with Crippen LogP contribution in [0.3, 0.4) is 0 Å². The first-order valence-electron chi connectivity index (χ1n) is 19.7. The number of carbonyl (C=O) groups is 4. The Morgan fingerprint density at radius 3 is 2.33 bits per heavy atom. The Bertz CT molecular complexity index is 3080. The summed E-state index contributed by atoms with van der Waals surface area (Å²) in [6, 6.07) is 27.7. The number of nitrogen functional groups attached to an aromatic ring is 1. The molecule has 0 atom stereocenters. The molecule has 6 aromatic rings. The van der Waals surface area contributed by atoms with Crippen LogP contribution in [0.2, 0.25) is 0 Å². The van der Waals surface area contributed by atoms with Gasteiger partial charge in [-0.25, -0.2) is 9.78 Å². The fourth-order valence-corrected chi connectivity index (χ4v) is 7.60. The van der Waals surface area contributed by atoms with Crippen molar-refractivity contribution in [2.75, 3.05) is 22.6 Å². The van der Waals surface area contributed by atoms with Gasteiger partial charge >= 0.3 is 5.97 Å². The number of hydrogen-bond donors (Lipinski definition) is 7. The minimum atomic E-state index is -1.24. The molecule has 0 saturated carbocycles. The number of anilines is 2. The van der Waals surface area contributed by atoms with Gasteiger partial charge in [-0.15, -0.1) is 0 Å². The number of aromatic amines is 1. The summed E-state index contributed by atoms with van der Waals surface area (Å²) < 4.78 is 11.7. The second-order valence-corrected chi connectivity index (χ2v) is 15.6. The van der Waals surface area contributed by atoms with Gasteiger partial charge in [0, 0.05) is 65.2 Å². The van der Waals surface area contributed by atoms with E-state index in [4.69, 9.17) is 14.9 Å². The number of imidazole rings is 1. The Balaban J connectivity index is 0.764. The number of aromatic hydroxyl groups is 1. The number of amides is 3. The Hall–Kier alpha value is -8.25. The molecule has 1 aliphatic carbocycles. The van der Waals surface area contributed by atoms with Gasteiger partial charge in [0.2, 0.25) is 23.6 Å². The monoisotopic (exact) mass is 878 g/mol. The lowest BCUT2D eigenvalue weighted by molar-refractivity contribution is -0.121. The summed E-state index contributed by atoms with van der Waals surface area (Å²) in [4.78, 5) is 78.1. The Kier molecular flexibility index (Phi) is 12.5. The van der Waals surface area contributed by atoms with E-state index >= 15 is 0 Å². The lowest BCUT2D eigenvalue weighted by Crippen LogP contribution is -2.24. The van der Waals surface area contributed by atoms with Gasteiger partial charge < -0.3 is 46.0 Å². The molecule has 3 heterocycles. The first-order valence-corrected chi connectivity index (χ1v) is 20.9. The van der Waals surface area contributed by atoms with Crippen LogP contribution < -0.4 is 31.8 Å². The number of aromatic carboxylic acids is 1. The minimum Gasteiger partial charge on any atom is -0.508 e. The maximum absolute atomic E-state index is 12.8. The molecule has 2 aromatic heterocycles. The van der Waals surface area contributed by atoms with Crippen LogP contribution >= 0.6 is 11.8 Å². The molecule has 8 N–H and O–H groups in total. The van der Waals surface area contributed by atoms with Crippen molar-refractivity contribution in [2.45, 2.75) is 26.1 Å². The van der Waals surface area contributed by atoms with Crippen LogP contribution in [0, 0.1) is 0 Å². The molecule has 0 fully saturated rings. The number of H-pyrrole nitrogens is 1. The number of nitrogens with zero attached hydrogens (tertiary/aromatic N) is 3. The maximum Gasteiger partial charge on any atom is 0.336 e. The third kappa shape index (κ3) is 9.93. The fourth-order valence-electron chi connectivity index (χ4n) is 6.87. The standard InChI is InChI=1S/C46H38N8O9S/c47-46-53-42-41(50-24-51-42)44(54-46)62-22-27-3-1-25(2-4-27)21-49-43(59)28-7-5-26(6-8-28)20-48-38(57)15-16-64-23-39(58)52-29-9-12-32(35(17-29)45(60)61)40-33-13-10-30(55)18-36(33)63-37-19-31(56)11-14-34(37)40/h1-14,17-19,24,55H,15-16,20-23H2,(H,48,57)(H,49,59)(H,52,58)(H,60,61)(H3,47,50,51,53,54). The zero-order chi connectivity index (χ0) is 44.7. The van der Waals surface area contributed by atoms with Gasteiger partial charge in [0.25, 0.3) is 5.91 Å². The van der Waals surface area contributed by atoms with Crippen molar-refractivity contribution >= 4 is 69.2 Å². The summed E-state index contributed by atoms with van der Waals surface area (Å²) >= 11 is 1.25. The molecule has 4 aromatic carbocycles. The summed E-state index contributed by atoms with van der Waals surface area (Å²) in [7, 11) is 0. The number of ether oxygens (including phenoxy) is 1. The number of nitrogens with two attached hydrogens (primary N) is 1. The molecule has 1 aliphatic heterocycles. The molecule has 64 heavy (non-hydrogen) atoms. The van der Waals surface area contributed by atoms with E-state index in [9.17, 15) is 34.2 Å². The highest BCUT2D eigenvalue weighted by Gasteiger charge is 2.23. The average Bonchev–Trinajstić information content (AvgIpc) is 3.76. The Morgan fingerprint density at radius 2 is 1.55 bits per heavy atom. The topological polar surface area (TPSA) is 265 Å². The normalized spacial score (nSPS) is 11.1. The number of carboxylic acids is 1. The van der Waals surface area contributed by atoms with E-state index in [0.717, 1.165) is 16.7 Å². The Morgan fingerprint density at radius 1 is 0.812 bits per heavy atom. The van der Waals surface area contributed by atoms with Crippen LogP contribution in [0.25, 0.3) is 44.6 Å². The number of benzene rings is 5. The zero-order valence-corrected chi connectivity index (χ0v) is 34.5. The third-order valence-electron chi connectivity index (χ3n) is 10.0. The van der Waals surface area contributed by atoms with Crippen molar-refractivity contribution < 1.29 is 38.5 Å². The first kappa shape index (κ1) is 42.4. The molecule has 17 nitrogen and oxygen atoms in total. The van der Waals surface area contributed by atoms with E-state index in [1.54, 1.807) is 48.5 Å². The highest BCUT2D eigenvalue weighted by Crippen LogP contribution is 2.42. The molecule has 18 heteroatoms. The van der Waals surface area contributed by atoms with Gasteiger partial charge in [-0.3, -0.25) is 19.2 Å². The number of nitrogens with one attached hydrogen (secondary N) is 4.